The molecule has 132 valence electrons. The number of nitrogens with one attached hydrogen (secondary N) is 1. The number of nitrogens with zero attached hydrogens (tertiary/aromatic N) is 3. The molecule has 1 amide bonds. The van der Waals surface area contributed by atoms with E-state index in [1.54, 1.807) is 41.4 Å². The van der Waals surface area contributed by atoms with E-state index in [0.29, 0.717) is 13.1 Å². The van der Waals surface area contributed by atoms with Crippen LogP contribution in [0.25, 0.3) is 0 Å². The molecule has 0 radical (unpaired) electrons. The summed E-state index contributed by atoms with van der Waals surface area (Å²) >= 11 is 0. The van der Waals surface area contributed by atoms with E-state index in [2.05, 4.69) is 14.6 Å². The fourth-order valence-corrected chi connectivity index (χ4v) is 3.64. The lowest BCUT2D eigenvalue weighted by molar-refractivity contribution is -0.118. The molecule has 0 spiro atoms. The molecule has 1 aromatic heterocycles. The maximum absolute atomic E-state index is 12.4. The Labute approximate surface area is 147 Å². The number of carbonyl (C=O) groups excluding carboxylic acids is 1. The highest BCUT2D eigenvalue weighted by Gasteiger charge is 2.17. The third-order valence-corrected chi connectivity index (χ3v) is 5.52. The molecule has 1 aliphatic heterocycles. The zero-order valence-corrected chi connectivity index (χ0v) is 14.7. The summed E-state index contributed by atoms with van der Waals surface area (Å²) in [6.07, 6.45) is 2.50. The number of piperazine rings is 1. The van der Waals surface area contributed by atoms with Gasteiger partial charge in [-0.25, -0.2) is 13.4 Å². The van der Waals surface area contributed by atoms with Crippen molar-refractivity contribution in [2.24, 2.45) is 0 Å². The Morgan fingerprint density at radius 3 is 2.28 bits per heavy atom. The topological polar surface area (TPSA) is 82.6 Å². The van der Waals surface area contributed by atoms with E-state index < -0.39 is 10.0 Å². The maximum atomic E-state index is 12.4. The predicted molar refractivity (Wildman–Crippen MR) is 96.1 cm³/mol. The second-order valence-electron chi connectivity index (χ2n) is 5.95. The first-order chi connectivity index (χ1) is 12.0. The Morgan fingerprint density at radius 1 is 1.04 bits per heavy atom. The van der Waals surface area contributed by atoms with Gasteiger partial charge in [0, 0.05) is 26.2 Å². The average Bonchev–Trinajstić information content (AvgIpc) is 2.62. The van der Waals surface area contributed by atoms with Crippen LogP contribution < -0.4 is 9.62 Å². The van der Waals surface area contributed by atoms with E-state index >= 15 is 0 Å². The molecule has 1 aliphatic rings. The van der Waals surface area contributed by atoms with Gasteiger partial charge in [0.15, 0.2) is 0 Å². The number of sulfonamides is 1. The lowest BCUT2D eigenvalue weighted by atomic mass is 10.2. The first-order valence-electron chi connectivity index (χ1n) is 7.98. The molecule has 1 N–H and O–H groups in total. The van der Waals surface area contributed by atoms with Crippen LogP contribution in [-0.2, 0) is 14.8 Å². The van der Waals surface area contributed by atoms with Crippen molar-refractivity contribution >= 4 is 27.9 Å². The smallest absolute Gasteiger partial charge is 0.263 e. The van der Waals surface area contributed by atoms with Crippen molar-refractivity contribution in [3.05, 3.63) is 48.2 Å². The van der Waals surface area contributed by atoms with Gasteiger partial charge in [-0.2, -0.15) is 0 Å². The van der Waals surface area contributed by atoms with Gasteiger partial charge in [0.2, 0.25) is 6.41 Å². The molecule has 0 unspecified atom stereocenters. The molecule has 1 saturated heterocycles. The second kappa shape index (κ2) is 7.10. The highest BCUT2D eigenvalue weighted by molar-refractivity contribution is 7.92. The number of hydrogen-bond donors (Lipinski definition) is 1. The monoisotopic (exact) mass is 360 g/mol. The van der Waals surface area contributed by atoms with Crippen LogP contribution in [0, 0.1) is 6.92 Å². The normalized spacial score (nSPS) is 15.1. The number of anilines is 2. The van der Waals surface area contributed by atoms with Gasteiger partial charge in [0.1, 0.15) is 5.82 Å². The first kappa shape index (κ1) is 17.2. The van der Waals surface area contributed by atoms with Crippen molar-refractivity contribution in [1.82, 2.24) is 9.88 Å². The highest BCUT2D eigenvalue weighted by Crippen LogP contribution is 2.19. The van der Waals surface area contributed by atoms with Gasteiger partial charge in [0.05, 0.1) is 16.8 Å². The van der Waals surface area contributed by atoms with Gasteiger partial charge in [-0.05, 0) is 31.2 Å². The molecular weight excluding hydrogens is 340 g/mol. The summed E-state index contributed by atoms with van der Waals surface area (Å²) in [5.74, 6) is 0.274. The van der Waals surface area contributed by atoms with Crippen molar-refractivity contribution in [3.8, 4) is 0 Å². The quantitative estimate of drug-likeness (QED) is 0.817. The largest absolute Gasteiger partial charge is 0.367 e. The second-order valence-corrected chi connectivity index (χ2v) is 7.63. The van der Waals surface area contributed by atoms with E-state index in [9.17, 15) is 13.2 Å². The summed E-state index contributed by atoms with van der Waals surface area (Å²) in [4.78, 5) is 19.0. The summed E-state index contributed by atoms with van der Waals surface area (Å²) < 4.78 is 27.2. The lowest BCUT2D eigenvalue weighted by Crippen LogP contribution is -2.45. The summed E-state index contributed by atoms with van der Waals surface area (Å²) in [5, 5.41) is 0. The van der Waals surface area contributed by atoms with Crippen LogP contribution in [0.5, 0.6) is 0 Å². The predicted octanol–water partition coefficient (Wildman–Crippen LogP) is 1.47. The Hall–Kier alpha value is -2.61. The van der Waals surface area contributed by atoms with Crippen molar-refractivity contribution in [2.75, 3.05) is 35.8 Å². The zero-order chi connectivity index (χ0) is 17.9. The Bertz CT molecular complexity index is 827. The van der Waals surface area contributed by atoms with Crippen LogP contribution in [-0.4, -0.2) is 50.9 Å². The Kier molecular flexibility index (Phi) is 4.89. The molecule has 1 aromatic carbocycles. The number of rotatable bonds is 5. The number of aromatic nitrogens is 1. The van der Waals surface area contributed by atoms with Crippen molar-refractivity contribution < 1.29 is 13.2 Å². The molecule has 3 rings (SSSR count). The molecule has 1 fully saturated rings. The summed E-state index contributed by atoms with van der Waals surface area (Å²) in [6, 6.07) is 10.1. The van der Waals surface area contributed by atoms with Gasteiger partial charge < -0.3 is 9.80 Å². The number of pyridine rings is 1. The standard InChI is InChI=1S/C17H20N4O3S/c1-14-2-5-16(6-3-14)25(23,24)19-17-7-4-15(12-18-17)21-10-8-20(13-22)9-11-21/h2-7,12-13H,8-11H2,1H3,(H,18,19). The number of benzene rings is 1. The van der Waals surface area contributed by atoms with Gasteiger partial charge in [0.25, 0.3) is 10.0 Å². The summed E-state index contributed by atoms with van der Waals surface area (Å²) in [6.45, 7) is 4.71. The van der Waals surface area contributed by atoms with Crippen molar-refractivity contribution in [2.45, 2.75) is 11.8 Å². The van der Waals surface area contributed by atoms with Crippen LogP contribution in [0.15, 0.2) is 47.5 Å². The van der Waals surface area contributed by atoms with Crippen LogP contribution in [0.4, 0.5) is 11.5 Å². The summed E-state index contributed by atoms with van der Waals surface area (Å²) in [7, 11) is -3.65. The van der Waals surface area contributed by atoms with Crippen LogP contribution in [0.1, 0.15) is 5.56 Å². The maximum Gasteiger partial charge on any atom is 0.263 e. The third kappa shape index (κ3) is 4.08. The average molecular weight is 360 g/mol. The lowest BCUT2D eigenvalue weighted by Gasteiger charge is -2.33. The summed E-state index contributed by atoms with van der Waals surface area (Å²) in [5.41, 5.74) is 1.90. The molecule has 0 aliphatic carbocycles. The van der Waals surface area contributed by atoms with E-state index in [-0.39, 0.29) is 10.7 Å². The van der Waals surface area contributed by atoms with Crippen LogP contribution >= 0.6 is 0 Å². The SMILES string of the molecule is Cc1ccc(S(=O)(=O)Nc2ccc(N3CCN(C=O)CC3)cn2)cc1. The van der Waals surface area contributed by atoms with Crippen LogP contribution in [0.2, 0.25) is 0 Å². The minimum atomic E-state index is -3.65. The molecule has 0 bridgehead atoms. The van der Waals surface area contributed by atoms with E-state index in [4.69, 9.17) is 0 Å². The van der Waals surface area contributed by atoms with E-state index in [1.165, 1.54) is 0 Å². The minimum absolute atomic E-state index is 0.203. The molecule has 0 atom stereocenters. The van der Waals surface area contributed by atoms with Crippen molar-refractivity contribution in [3.63, 3.8) is 0 Å². The van der Waals surface area contributed by atoms with Crippen molar-refractivity contribution in [1.29, 1.82) is 0 Å². The molecule has 2 heterocycles. The first-order valence-corrected chi connectivity index (χ1v) is 9.46. The molecule has 25 heavy (non-hydrogen) atoms. The number of hydrogen-bond acceptors (Lipinski definition) is 5. The van der Waals surface area contributed by atoms with Gasteiger partial charge >= 0.3 is 0 Å². The van der Waals surface area contributed by atoms with E-state index in [1.807, 2.05) is 13.0 Å². The minimum Gasteiger partial charge on any atom is -0.367 e. The number of aryl methyl sites for hydroxylation is 1. The number of carbonyl (C=O) groups is 1. The van der Waals surface area contributed by atoms with Gasteiger partial charge in [-0.15, -0.1) is 0 Å². The number of amides is 1. The molecule has 8 heteroatoms. The molecule has 0 saturated carbocycles. The van der Waals surface area contributed by atoms with Crippen LogP contribution in [0.3, 0.4) is 0 Å². The van der Waals surface area contributed by atoms with Gasteiger partial charge in [-0.3, -0.25) is 9.52 Å². The Morgan fingerprint density at radius 2 is 1.72 bits per heavy atom. The third-order valence-electron chi connectivity index (χ3n) is 4.15. The Balaban J connectivity index is 1.68. The zero-order valence-electron chi connectivity index (χ0n) is 13.9. The molecular formula is C17H20N4O3S. The van der Waals surface area contributed by atoms with E-state index in [0.717, 1.165) is 30.8 Å². The fraction of sp³-hybridized carbons (Fsp3) is 0.294. The molecule has 2 aromatic rings. The van der Waals surface area contributed by atoms with Gasteiger partial charge in [-0.1, -0.05) is 17.7 Å². The molecule has 7 nitrogen and oxygen atoms in total. The fourth-order valence-electron chi connectivity index (χ4n) is 2.63. The highest BCUT2D eigenvalue weighted by atomic mass is 32.2.